The molecule has 0 spiro atoms. The first-order chi connectivity index (χ1) is 11.0. The third kappa shape index (κ3) is 3.10. The Morgan fingerprint density at radius 1 is 1.43 bits per heavy atom. The van der Waals surface area contributed by atoms with Crippen molar-refractivity contribution in [1.29, 1.82) is 5.26 Å². The minimum Gasteiger partial charge on any atom is -0.250 e. The highest BCUT2D eigenvalue weighted by Gasteiger charge is 2.25. The summed E-state index contributed by atoms with van der Waals surface area (Å²) in [6, 6.07) is 1.72. The molecule has 5 nitrogen and oxygen atoms in total. The second-order valence-corrected chi connectivity index (χ2v) is 7.45. The molecule has 0 atom stereocenters. The van der Waals surface area contributed by atoms with Gasteiger partial charge in [-0.15, -0.1) is 11.3 Å². The van der Waals surface area contributed by atoms with Gasteiger partial charge >= 0.3 is 6.71 Å². The molecule has 0 bridgehead atoms. The van der Waals surface area contributed by atoms with Crippen molar-refractivity contribution in [3.63, 3.8) is 0 Å². The molecule has 0 radical (unpaired) electrons. The SMILES string of the molecule is Cc1cnc(CB(C#N)c2cc(Cl)nc3c(C(C)C)cnn23)s1. The zero-order chi connectivity index (χ0) is 16.6. The van der Waals surface area contributed by atoms with Gasteiger partial charge in [-0.25, -0.2) is 14.8 Å². The Morgan fingerprint density at radius 2 is 2.22 bits per heavy atom. The zero-order valence-corrected chi connectivity index (χ0v) is 14.7. The third-order valence-electron chi connectivity index (χ3n) is 3.68. The van der Waals surface area contributed by atoms with Crippen LogP contribution in [0.2, 0.25) is 5.15 Å². The van der Waals surface area contributed by atoms with E-state index in [4.69, 9.17) is 11.6 Å². The van der Waals surface area contributed by atoms with E-state index in [0.29, 0.717) is 11.5 Å². The van der Waals surface area contributed by atoms with Crippen LogP contribution in [0.15, 0.2) is 18.5 Å². The number of rotatable bonds is 4. The molecule has 0 saturated carbocycles. The summed E-state index contributed by atoms with van der Waals surface area (Å²) < 4.78 is 1.73. The Labute approximate surface area is 144 Å². The molecule has 3 rings (SSSR count). The first kappa shape index (κ1) is 16.0. The zero-order valence-electron chi connectivity index (χ0n) is 13.1. The number of nitrogens with zero attached hydrogens (tertiary/aromatic N) is 5. The van der Waals surface area contributed by atoms with Crippen molar-refractivity contribution in [2.24, 2.45) is 0 Å². The van der Waals surface area contributed by atoms with Crippen LogP contribution in [-0.4, -0.2) is 26.3 Å². The number of halogens is 1. The van der Waals surface area contributed by atoms with Crippen LogP contribution in [0.1, 0.15) is 35.2 Å². The van der Waals surface area contributed by atoms with E-state index in [2.05, 4.69) is 34.9 Å². The van der Waals surface area contributed by atoms with Gasteiger partial charge in [-0.1, -0.05) is 25.4 Å². The first-order valence-electron chi connectivity index (χ1n) is 7.34. The van der Waals surface area contributed by atoms with Crippen LogP contribution >= 0.6 is 22.9 Å². The van der Waals surface area contributed by atoms with Gasteiger partial charge in [-0.3, -0.25) is 4.98 Å². The Balaban J connectivity index is 2.08. The fourth-order valence-electron chi connectivity index (χ4n) is 2.51. The molecule has 0 aliphatic rings. The van der Waals surface area contributed by atoms with Crippen molar-refractivity contribution in [3.05, 3.63) is 39.1 Å². The molecule has 3 aromatic rings. The van der Waals surface area contributed by atoms with E-state index in [9.17, 15) is 5.26 Å². The fraction of sp³-hybridized carbons (Fsp3) is 0.333. The molecule has 0 fully saturated rings. The van der Waals surface area contributed by atoms with Gasteiger partial charge in [-0.2, -0.15) is 5.10 Å². The minimum atomic E-state index is -0.372. The average molecular weight is 344 g/mol. The predicted molar refractivity (Wildman–Crippen MR) is 93.6 cm³/mol. The molecule has 0 saturated heterocycles. The Bertz CT molecular complexity index is 895. The van der Waals surface area contributed by atoms with E-state index >= 15 is 0 Å². The summed E-state index contributed by atoms with van der Waals surface area (Å²) in [7, 11) is 0. The quantitative estimate of drug-likeness (QED) is 0.539. The van der Waals surface area contributed by atoms with Gasteiger partial charge in [0.05, 0.1) is 11.2 Å². The Kier molecular flexibility index (Phi) is 4.38. The second-order valence-electron chi connectivity index (χ2n) is 5.74. The molecule has 0 N–H and O–H groups in total. The van der Waals surface area contributed by atoms with Crippen LogP contribution in [-0.2, 0) is 6.32 Å². The summed E-state index contributed by atoms with van der Waals surface area (Å²) in [5.41, 5.74) is 2.50. The maximum absolute atomic E-state index is 9.64. The molecule has 0 amide bonds. The maximum atomic E-state index is 9.64. The normalized spacial score (nSPS) is 11.1. The summed E-state index contributed by atoms with van der Waals surface area (Å²) in [6.45, 7) is 5.80. The van der Waals surface area contributed by atoms with Gasteiger partial charge in [0.2, 0.25) is 0 Å². The molecule has 8 heteroatoms. The van der Waals surface area contributed by atoms with Gasteiger partial charge in [0.1, 0.15) is 5.15 Å². The lowest BCUT2D eigenvalue weighted by Gasteiger charge is -2.09. The molecule has 0 aromatic carbocycles. The number of hydrogen-bond acceptors (Lipinski definition) is 5. The summed E-state index contributed by atoms with van der Waals surface area (Å²) in [4.78, 5) is 9.88. The summed E-state index contributed by atoms with van der Waals surface area (Å²) in [5, 5.41) is 15.4. The van der Waals surface area contributed by atoms with E-state index in [1.54, 1.807) is 28.1 Å². The largest absolute Gasteiger partial charge is 0.329 e. The molecule has 23 heavy (non-hydrogen) atoms. The summed E-state index contributed by atoms with van der Waals surface area (Å²) in [6.07, 6.45) is 4.17. The van der Waals surface area contributed by atoms with E-state index in [1.165, 1.54) is 0 Å². The fourth-order valence-corrected chi connectivity index (χ4v) is 3.54. The summed E-state index contributed by atoms with van der Waals surface area (Å²) in [5.74, 6) is 2.64. The molecule has 0 aliphatic heterocycles. The predicted octanol–water partition coefficient (Wildman–Crippen LogP) is 2.82. The van der Waals surface area contributed by atoms with Crippen molar-refractivity contribution in [3.8, 4) is 5.97 Å². The van der Waals surface area contributed by atoms with Crippen LogP contribution in [0.3, 0.4) is 0 Å². The first-order valence-corrected chi connectivity index (χ1v) is 8.54. The van der Waals surface area contributed by atoms with E-state index in [1.807, 2.05) is 13.1 Å². The highest BCUT2D eigenvalue weighted by molar-refractivity contribution is 7.12. The van der Waals surface area contributed by atoms with Gasteiger partial charge in [-0.05, 0) is 25.2 Å². The lowest BCUT2D eigenvalue weighted by molar-refractivity contribution is 0.872. The van der Waals surface area contributed by atoms with Crippen LogP contribution < -0.4 is 5.59 Å². The highest BCUT2D eigenvalue weighted by atomic mass is 35.5. The Morgan fingerprint density at radius 3 is 2.83 bits per heavy atom. The molecular weight excluding hydrogens is 329 g/mol. The molecule has 0 aliphatic carbocycles. The molecule has 3 heterocycles. The lowest BCUT2D eigenvalue weighted by atomic mass is 9.46. The maximum Gasteiger partial charge on any atom is 0.329 e. The van der Waals surface area contributed by atoms with Gasteiger partial charge in [0.25, 0.3) is 0 Å². The molecule has 116 valence electrons. The average Bonchev–Trinajstić information content (AvgIpc) is 3.10. The smallest absolute Gasteiger partial charge is 0.250 e. The second kappa shape index (κ2) is 6.30. The van der Waals surface area contributed by atoms with Crippen molar-refractivity contribution in [1.82, 2.24) is 19.6 Å². The molecule has 3 aromatic heterocycles. The molecular formula is C15H15BClN5S. The van der Waals surface area contributed by atoms with Crippen molar-refractivity contribution in [2.45, 2.75) is 33.0 Å². The van der Waals surface area contributed by atoms with Crippen molar-refractivity contribution < 1.29 is 0 Å². The van der Waals surface area contributed by atoms with E-state index < -0.39 is 0 Å². The van der Waals surface area contributed by atoms with Crippen molar-refractivity contribution >= 4 is 40.9 Å². The standard InChI is InChI=1S/C15H15BClN5S/c1-9(2)11-7-20-22-12(4-13(17)21-15(11)22)16(8-18)5-14-19-6-10(3)23-14/h4,6-7,9H,5H2,1-3H3. The number of hydrogen-bond donors (Lipinski definition) is 0. The topological polar surface area (TPSA) is 66.9 Å². The van der Waals surface area contributed by atoms with Crippen LogP contribution in [0.25, 0.3) is 5.65 Å². The highest BCUT2D eigenvalue weighted by Crippen LogP contribution is 2.20. The third-order valence-corrected chi connectivity index (χ3v) is 4.81. The van der Waals surface area contributed by atoms with Crippen LogP contribution in [0, 0.1) is 18.2 Å². The number of aryl methyl sites for hydroxylation is 1. The van der Waals surface area contributed by atoms with Gasteiger partial charge in [0.15, 0.2) is 5.65 Å². The number of fused-ring (bicyclic) bond motifs is 1. The van der Waals surface area contributed by atoms with Crippen molar-refractivity contribution in [2.75, 3.05) is 0 Å². The van der Waals surface area contributed by atoms with E-state index in [0.717, 1.165) is 26.7 Å². The number of thiazole rings is 1. The van der Waals surface area contributed by atoms with Gasteiger partial charge < -0.3 is 0 Å². The van der Waals surface area contributed by atoms with Crippen LogP contribution in [0.4, 0.5) is 0 Å². The number of aromatic nitrogens is 4. The molecule has 0 unspecified atom stereocenters. The van der Waals surface area contributed by atoms with Crippen LogP contribution in [0.5, 0.6) is 0 Å². The Hall–Kier alpha value is -1.91. The number of nitriles is 1. The van der Waals surface area contributed by atoms with Gasteiger partial charge in [0, 0.05) is 28.2 Å². The monoisotopic (exact) mass is 343 g/mol. The minimum absolute atomic E-state index is 0.286. The van der Waals surface area contributed by atoms with E-state index in [-0.39, 0.29) is 12.6 Å². The lowest BCUT2D eigenvalue weighted by Crippen LogP contribution is -2.37. The summed E-state index contributed by atoms with van der Waals surface area (Å²) >= 11 is 7.80.